The normalized spacial score (nSPS) is 13.0. The maximum Gasteiger partial charge on any atom is 0.321 e. The van der Waals surface area contributed by atoms with E-state index in [0.717, 1.165) is 6.92 Å². The minimum Gasteiger partial charge on any atom is -0.480 e. The monoisotopic (exact) mass is 290 g/mol. The summed E-state index contributed by atoms with van der Waals surface area (Å²) in [6, 6.07) is 5.71. The Kier molecular flexibility index (Phi) is 4.48. The fraction of sp³-hybridized carbons (Fsp3) is 0.273. The molecule has 0 aliphatic heterocycles. The highest BCUT2D eigenvalue weighted by atomic mass is 35.5. The van der Waals surface area contributed by atoms with Crippen LogP contribution in [0.4, 0.5) is 0 Å². The van der Waals surface area contributed by atoms with Crippen molar-refractivity contribution in [3.05, 3.63) is 34.9 Å². The number of Topliss-reactive ketones (excluding diaryl/α,β-unsaturated/α-hetero) is 1. The smallest absolute Gasteiger partial charge is 0.321 e. The molecule has 0 fully saturated rings. The molecule has 0 saturated heterocycles. The molecule has 18 heavy (non-hydrogen) atoms. The lowest BCUT2D eigenvalue weighted by molar-refractivity contribution is -0.136. The highest BCUT2D eigenvalue weighted by Crippen LogP contribution is 2.12. The van der Waals surface area contributed by atoms with Gasteiger partial charge in [0.1, 0.15) is 5.75 Å². The molecule has 1 rings (SSSR count). The molecule has 0 radical (unpaired) electrons. The molecule has 1 aromatic rings. The molecule has 1 atom stereocenters. The van der Waals surface area contributed by atoms with Gasteiger partial charge in [0.25, 0.3) is 0 Å². The SMILES string of the molecule is CC(C(=O)O)S(=O)(=O)CC(=O)c1ccc(Cl)cc1. The van der Waals surface area contributed by atoms with Crippen LogP contribution >= 0.6 is 11.6 Å². The molecule has 0 spiro atoms. The van der Waals surface area contributed by atoms with Crippen molar-refractivity contribution in [1.29, 1.82) is 0 Å². The van der Waals surface area contributed by atoms with E-state index in [1.807, 2.05) is 0 Å². The van der Waals surface area contributed by atoms with Crippen LogP contribution in [0.25, 0.3) is 0 Å². The van der Waals surface area contributed by atoms with Gasteiger partial charge in [-0.1, -0.05) is 11.6 Å². The number of aliphatic carboxylic acids is 1. The number of rotatable bonds is 5. The van der Waals surface area contributed by atoms with Crippen molar-refractivity contribution in [2.45, 2.75) is 12.2 Å². The minimum absolute atomic E-state index is 0.181. The van der Waals surface area contributed by atoms with Crippen LogP contribution in [0, 0.1) is 0 Å². The molecule has 1 aromatic carbocycles. The standard InChI is InChI=1S/C11H11ClO5S/c1-7(11(14)15)18(16,17)6-10(13)8-2-4-9(12)5-3-8/h2-5,7H,6H2,1H3,(H,14,15). The summed E-state index contributed by atoms with van der Waals surface area (Å²) in [6.45, 7) is 1.03. The summed E-state index contributed by atoms with van der Waals surface area (Å²) in [7, 11) is -4.00. The number of hydrogen-bond donors (Lipinski definition) is 1. The van der Waals surface area contributed by atoms with E-state index in [9.17, 15) is 18.0 Å². The molecule has 0 saturated carbocycles. The van der Waals surface area contributed by atoms with Crippen LogP contribution in [-0.2, 0) is 14.6 Å². The fourth-order valence-corrected chi connectivity index (χ4v) is 2.40. The van der Waals surface area contributed by atoms with E-state index < -0.39 is 32.6 Å². The van der Waals surface area contributed by atoms with Crippen LogP contribution in [0.3, 0.4) is 0 Å². The van der Waals surface area contributed by atoms with E-state index in [-0.39, 0.29) is 5.56 Å². The average molecular weight is 291 g/mol. The number of carboxylic acids is 1. The predicted molar refractivity (Wildman–Crippen MR) is 66.7 cm³/mol. The first kappa shape index (κ1) is 14.7. The largest absolute Gasteiger partial charge is 0.480 e. The molecule has 5 nitrogen and oxygen atoms in total. The Balaban J connectivity index is 2.88. The quantitative estimate of drug-likeness (QED) is 0.828. The number of ketones is 1. The number of carboxylic acid groups (broad SMARTS) is 1. The highest BCUT2D eigenvalue weighted by molar-refractivity contribution is 7.93. The van der Waals surface area contributed by atoms with Gasteiger partial charge >= 0.3 is 5.97 Å². The Labute approximate surface area is 109 Å². The van der Waals surface area contributed by atoms with Gasteiger partial charge in [-0.2, -0.15) is 0 Å². The second kappa shape index (κ2) is 5.49. The van der Waals surface area contributed by atoms with Gasteiger partial charge in [0.2, 0.25) is 0 Å². The summed E-state index contributed by atoms with van der Waals surface area (Å²) in [5.41, 5.74) is 0.181. The van der Waals surface area contributed by atoms with Crippen LogP contribution in [-0.4, -0.2) is 36.3 Å². The Bertz CT molecular complexity index is 562. The van der Waals surface area contributed by atoms with Gasteiger partial charge in [0.15, 0.2) is 20.9 Å². The summed E-state index contributed by atoms with van der Waals surface area (Å²) in [6.07, 6.45) is 0. The fourth-order valence-electron chi connectivity index (χ4n) is 1.18. The molecular formula is C11H11ClO5S. The lowest BCUT2D eigenvalue weighted by Crippen LogP contribution is -2.31. The van der Waals surface area contributed by atoms with Crippen LogP contribution < -0.4 is 0 Å². The summed E-state index contributed by atoms with van der Waals surface area (Å²) in [4.78, 5) is 22.3. The maximum atomic E-state index is 11.7. The number of hydrogen-bond acceptors (Lipinski definition) is 4. The maximum absolute atomic E-state index is 11.7. The molecule has 0 heterocycles. The van der Waals surface area contributed by atoms with Gasteiger partial charge in [-0.3, -0.25) is 9.59 Å². The van der Waals surface area contributed by atoms with Crippen molar-refractivity contribution >= 4 is 33.2 Å². The lowest BCUT2D eigenvalue weighted by Gasteiger charge is -2.07. The summed E-state index contributed by atoms with van der Waals surface area (Å²) >= 11 is 5.63. The Morgan fingerprint density at radius 3 is 2.22 bits per heavy atom. The highest BCUT2D eigenvalue weighted by Gasteiger charge is 2.30. The van der Waals surface area contributed by atoms with E-state index in [2.05, 4.69) is 0 Å². The molecular weight excluding hydrogens is 280 g/mol. The van der Waals surface area contributed by atoms with Gasteiger partial charge in [-0.15, -0.1) is 0 Å². The zero-order valence-corrected chi connectivity index (χ0v) is 11.0. The van der Waals surface area contributed by atoms with Gasteiger partial charge in [0.05, 0.1) is 0 Å². The molecule has 0 aliphatic carbocycles. The van der Waals surface area contributed by atoms with Crippen molar-refractivity contribution in [1.82, 2.24) is 0 Å². The lowest BCUT2D eigenvalue weighted by atomic mass is 10.1. The van der Waals surface area contributed by atoms with E-state index in [1.165, 1.54) is 24.3 Å². The summed E-state index contributed by atoms with van der Waals surface area (Å²) in [5, 5.41) is 7.45. The Hall–Kier alpha value is -1.40. The minimum atomic E-state index is -4.00. The van der Waals surface area contributed by atoms with Crippen molar-refractivity contribution in [3.63, 3.8) is 0 Å². The molecule has 0 bridgehead atoms. The number of benzene rings is 1. The molecule has 0 amide bonds. The zero-order chi connectivity index (χ0) is 13.9. The van der Waals surface area contributed by atoms with Gasteiger partial charge < -0.3 is 5.11 Å². The van der Waals surface area contributed by atoms with Gasteiger partial charge in [-0.05, 0) is 31.2 Å². The third kappa shape index (κ3) is 3.54. The zero-order valence-electron chi connectivity index (χ0n) is 9.46. The van der Waals surface area contributed by atoms with Crippen LogP contribution in [0.1, 0.15) is 17.3 Å². The van der Waals surface area contributed by atoms with Crippen molar-refractivity contribution in [3.8, 4) is 0 Å². The average Bonchev–Trinajstić information content (AvgIpc) is 2.28. The summed E-state index contributed by atoms with van der Waals surface area (Å²) < 4.78 is 23.2. The molecule has 0 aliphatic rings. The number of sulfone groups is 1. The van der Waals surface area contributed by atoms with E-state index in [1.54, 1.807) is 0 Å². The van der Waals surface area contributed by atoms with Gasteiger partial charge in [0, 0.05) is 10.6 Å². The van der Waals surface area contributed by atoms with Gasteiger partial charge in [-0.25, -0.2) is 8.42 Å². The van der Waals surface area contributed by atoms with Crippen LogP contribution in [0.5, 0.6) is 0 Å². The Morgan fingerprint density at radius 2 is 1.78 bits per heavy atom. The molecule has 0 aromatic heterocycles. The third-order valence-corrected chi connectivity index (χ3v) is 4.58. The van der Waals surface area contributed by atoms with E-state index in [0.29, 0.717) is 5.02 Å². The topological polar surface area (TPSA) is 88.5 Å². The second-order valence-corrected chi connectivity index (χ2v) is 6.48. The van der Waals surface area contributed by atoms with E-state index >= 15 is 0 Å². The third-order valence-electron chi connectivity index (χ3n) is 2.38. The molecule has 7 heteroatoms. The molecule has 1 unspecified atom stereocenters. The van der Waals surface area contributed by atoms with Crippen molar-refractivity contribution < 1.29 is 23.1 Å². The molecule has 1 N–H and O–H groups in total. The molecule has 98 valence electrons. The van der Waals surface area contributed by atoms with Crippen LogP contribution in [0.2, 0.25) is 5.02 Å². The van der Waals surface area contributed by atoms with Crippen LogP contribution in [0.15, 0.2) is 24.3 Å². The number of carbonyl (C=O) groups excluding carboxylic acids is 1. The first-order valence-electron chi connectivity index (χ1n) is 4.97. The Morgan fingerprint density at radius 1 is 1.28 bits per heavy atom. The summed E-state index contributed by atoms with van der Waals surface area (Å²) in [5.74, 6) is -2.96. The number of carbonyl (C=O) groups is 2. The first-order chi connectivity index (χ1) is 8.24. The predicted octanol–water partition coefficient (Wildman–Crippen LogP) is 1.41. The van der Waals surface area contributed by atoms with Crippen molar-refractivity contribution in [2.75, 3.05) is 5.75 Å². The second-order valence-electron chi connectivity index (χ2n) is 3.72. The number of halogens is 1. The van der Waals surface area contributed by atoms with E-state index in [4.69, 9.17) is 16.7 Å². The van der Waals surface area contributed by atoms with Crippen molar-refractivity contribution in [2.24, 2.45) is 0 Å². The first-order valence-corrected chi connectivity index (χ1v) is 7.06.